The largest absolute Gasteiger partial charge is 0.344 e. The van der Waals surface area contributed by atoms with E-state index in [9.17, 15) is 14.4 Å². The summed E-state index contributed by atoms with van der Waals surface area (Å²) in [5.41, 5.74) is 5.42. The van der Waals surface area contributed by atoms with Gasteiger partial charge in [0.05, 0.1) is 19.6 Å². The lowest BCUT2D eigenvalue weighted by molar-refractivity contribution is -0.142. The van der Waals surface area contributed by atoms with Gasteiger partial charge in [0.15, 0.2) is 0 Å². The molecule has 0 radical (unpaired) electrons. The molecule has 0 aromatic carbocycles. The molecule has 3 amide bonds. The van der Waals surface area contributed by atoms with Crippen LogP contribution < -0.4 is 5.73 Å². The second kappa shape index (κ2) is 10.1. The lowest BCUT2D eigenvalue weighted by Gasteiger charge is -2.25. The fourth-order valence-corrected chi connectivity index (χ4v) is 1.70. The number of rotatable bonds is 9. The Hall–Kier alpha value is -1.67. The average Bonchev–Trinajstić information content (AvgIpc) is 2.46. The van der Waals surface area contributed by atoms with E-state index < -0.39 is 0 Å². The van der Waals surface area contributed by atoms with Crippen LogP contribution in [0.1, 0.15) is 13.3 Å². The van der Waals surface area contributed by atoms with E-state index in [-0.39, 0.29) is 44.0 Å². The van der Waals surface area contributed by atoms with Crippen molar-refractivity contribution in [2.24, 2.45) is 5.73 Å². The summed E-state index contributed by atoms with van der Waals surface area (Å²) in [4.78, 5) is 41.7. The van der Waals surface area contributed by atoms with Crippen LogP contribution in [0.25, 0.3) is 0 Å². The molecular weight excluding hydrogens is 286 g/mol. The topological polar surface area (TPSA) is 90.2 Å². The normalized spacial score (nSPS) is 10.5. The molecule has 2 N–H and O–H groups in total. The highest BCUT2D eigenvalue weighted by atomic mass is 16.2. The number of nitrogens with two attached hydrogens (primary N) is 1. The number of carbonyl (C=O) groups is 3. The van der Waals surface area contributed by atoms with Crippen LogP contribution in [0.3, 0.4) is 0 Å². The van der Waals surface area contributed by atoms with Gasteiger partial charge in [0.2, 0.25) is 17.7 Å². The third-order valence-corrected chi connectivity index (χ3v) is 3.30. The Balaban J connectivity index is 4.34. The van der Waals surface area contributed by atoms with Crippen LogP contribution in [0.15, 0.2) is 0 Å². The van der Waals surface area contributed by atoms with Crippen molar-refractivity contribution in [3.8, 4) is 0 Å². The van der Waals surface area contributed by atoms with Gasteiger partial charge in [0, 0.05) is 34.4 Å². The van der Waals surface area contributed by atoms with Crippen LogP contribution >= 0.6 is 0 Å². The van der Waals surface area contributed by atoms with Crippen LogP contribution in [-0.2, 0) is 14.4 Å². The van der Waals surface area contributed by atoms with E-state index in [2.05, 4.69) is 0 Å². The van der Waals surface area contributed by atoms with E-state index in [4.69, 9.17) is 5.73 Å². The van der Waals surface area contributed by atoms with Crippen molar-refractivity contribution < 1.29 is 14.4 Å². The molecule has 8 nitrogen and oxygen atoms in total. The number of likely N-dealkylation sites (N-methyl/N-ethyl adjacent to an activating group) is 4. The molecule has 0 aliphatic rings. The van der Waals surface area contributed by atoms with Gasteiger partial charge in [-0.2, -0.15) is 0 Å². The van der Waals surface area contributed by atoms with Gasteiger partial charge in [-0.1, -0.05) is 6.92 Å². The first-order chi connectivity index (χ1) is 10.2. The zero-order valence-corrected chi connectivity index (χ0v) is 14.3. The molecule has 0 heterocycles. The minimum absolute atomic E-state index is 0.0140. The van der Waals surface area contributed by atoms with Crippen LogP contribution in [0.2, 0.25) is 0 Å². The van der Waals surface area contributed by atoms with Crippen molar-refractivity contribution >= 4 is 17.7 Å². The van der Waals surface area contributed by atoms with Crippen molar-refractivity contribution in [2.75, 3.05) is 61.0 Å². The number of amides is 3. The average molecular weight is 315 g/mol. The Bertz CT molecular complexity index is 389. The molecule has 0 saturated carbocycles. The Morgan fingerprint density at radius 3 is 1.59 bits per heavy atom. The minimum Gasteiger partial charge on any atom is -0.344 e. The lowest BCUT2D eigenvalue weighted by atomic mass is 10.3. The Labute approximate surface area is 132 Å². The third kappa shape index (κ3) is 7.37. The smallest absolute Gasteiger partial charge is 0.242 e. The van der Waals surface area contributed by atoms with E-state index in [1.807, 2.05) is 6.92 Å². The van der Waals surface area contributed by atoms with Crippen molar-refractivity contribution in [2.45, 2.75) is 13.3 Å². The van der Waals surface area contributed by atoms with Gasteiger partial charge in [0.1, 0.15) is 0 Å². The van der Waals surface area contributed by atoms with Gasteiger partial charge in [-0.05, 0) is 13.5 Å². The molecular formula is C14H29N5O3. The predicted molar refractivity (Wildman–Crippen MR) is 84.9 cm³/mol. The molecule has 128 valence electrons. The number of hydrogen-bond donors (Lipinski definition) is 1. The quantitative estimate of drug-likeness (QED) is 0.530. The van der Waals surface area contributed by atoms with Crippen molar-refractivity contribution in [3.05, 3.63) is 0 Å². The molecule has 0 atom stereocenters. The van der Waals surface area contributed by atoms with Gasteiger partial charge in [-0.15, -0.1) is 0 Å². The molecule has 0 aliphatic heterocycles. The summed E-state index contributed by atoms with van der Waals surface area (Å²) < 4.78 is 0. The summed E-state index contributed by atoms with van der Waals surface area (Å²) in [6, 6.07) is 0. The minimum atomic E-state index is -0.274. The summed E-state index contributed by atoms with van der Waals surface area (Å²) in [6.07, 6.45) is 0.867. The highest BCUT2D eigenvalue weighted by molar-refractivity contribution is 5.88. The van der Waals surface area contributed by atoms with Gasteiger partial charge in [-0.25, -0.2) is 0 Å². The molecule has 0 saturated heterocycles. The highest BCUT2D eigenvalue weighted by Crippen LogP contribution is 1.95. The molecule has 8 heteroatoms. The highest BCUT2D eigenvalue weighted by Gasteiger charge is 2.19. The number of hydrogen-bond acceptors (Lipinski definition) is 5. The maximum Gasteiger partial charge on any atom is 0.242 e. The third-order valence-electron chi connectivity index (χ3n) is 3.30. The summed E-state index contributed by atoms with van der Waals surface area (Å²) in [7, 11) is 6.55. The second-order valence-electron chi connectivity index (χ2n) is 5.51. The van der Waals surface area contributed by atoms with Crippen LogP contribution in [-0.4, -0.2) is 98.4 Å². The Morgan fingerprint density at radius 2 is 1.18 bits per heavy atom. The van der Waals surface area contributed by atoms with Crippen molar-refractivity contribution in [3.63, 3.8) is 0 Å². The number of nitrogens with zero attached hydrogens (tertiary/aromatic N) is 4. The fraction of sp³-hybridized carbons (Fsp3) is 0.786. The van der Waals surface area contributed by atoms with Crippen LogP contribution in [0.5, 0.6) is 0 Å². The summed E-state index contributed by atoms with van der Waals surface area (Å²) in [5, 5.41) is 0. The Morgan fingerprint density at radius 1 is 0.773 bits per heavy atom. The van der Waals surface area contributed by atoms with Gasteiger partial charge in [0.25, 0.3) is 0 Å². The van der Waals surface area contributed by atoms with E-state index in [0.29, 0.717) is 6.54 Å². The fourth-order valence-electron chi connectivity index (χ4n) is 1.70. The van der Waals surface area contributed by atoms with E-state index in [0.717, 1.165) is 6.42 Å². The molecule has 0 unspecified atom stereocenters. The van der Waals surface area contributed by atoms with E-state index in [1.54, 1.807) is 38.0 Å². The molecule has 22 heavy (non-hydrogen) atoms. The van der Waals surface area contributed by atoms with E-state index >= 15 is 0 Å². The molecule has 0 fully saturated rings. The monoisotopic (exact) mass is 315 g/mol. The predicted octanol–water partition coefficient (Wildman–Crippen LogP) is -1.38. The second-order valence-corrected chi connectivity index (χ2v) is 5.51. The maximum atomic E-state index is 12.1. The lowest BCUT2D eigenvalue weighted by Crippen LogP contribution is -2.46. The molecule has 0 rings (SSSR count). The molecule has 0 bridgehead atoms. The van der Waals surface area contributed by atoms with Crippen LogP contribution in [0, 0.1) is 0 Å². The Kier molecular flexibility index (Phi) is 9.35. The van der Waals surface area contributed by atoms with Crippen LogP contribution in [0.4, 0.5) is 0 Å². The zero-order valence-electron chi connectivity index (χ0n) is 14.3. The zero-order chi connectivity index (χ0) is 17.3. The van der Waals surface area contributed by atoms with Gasteiger partial charge < -0.3 is 20.4 Å². The summed E-state index contributed by atoms with van der Waals surface area (Å²) in [6.45, 7) is 3.02. The first-order valence-corrected chi connectivity index (χ1v) is 7.33. The number of carbonyl (C=O) groups excluding carboxylic acids is 3. The van der Waals surface area contributed by atoms with Gasteiger partial charge >= 0.3 is 0 Å². The summed E-state index contributed by atoms with van der Waals surface area (Å²) in [5.74, 6) is -0.580. The molecule has 0 spiro atoms. The van der Waals surface area contributed by atoms with Gasteiger partial charge in [-0.3, -0.25) is 19.3 Å². The van der Waals surface area contributed by atoms with E-state index in [1.165, 1.54) is 9.80 Å². The molecule has 0 aromatic rings. The summed E-state index contributed by atoms with van der Waals surface area (Å²) >= 11 is 0. The molecule has 0 aromatic heterocycles. The maximum absolute atomic E-state index is 12.1. The first-order valence-electron chi connectivity index (χ1n) is 7.33. The first kappa shape index (κ1) is 20.3. The van der Waals surface area contributed by atoms with Crippen molar-refractivity contribution in [1.82, 2.24) is 19.6 Å². The standard InChI is InChI=1S/C14H29N5O3/c1-6-7-17(3)13(21)9-19(5)14(22)10-18(4)12(20)8-16(2)11-15/h6-11,15H2,1-5H3. The SMILES string of the molecule is CCCN(C)C(=O)CN(C)C(=O)CN(C)C(=O)CN(C)CN. The van der Waals surface area contributed by atoms with Crippen molar-refractivity contribution in [1.29, 1.82) is 0 Å². The molecule has 0 aliphatic carbocycles.